The number of carbonyl (C=O) groups excluding carboxylic acids is 1. The number of allylic oxidation sites excluding steroid dienone is 3. The lowest BCUT2D eigenvalue weighted by Gasteiger charge is -2.39. The van der Waals surface area contributed by atoms with Gasteiger partial charge in [0.2, 0.25) is 5.91 Å². The number of amides is 1. The Hall–Kier alpha value is -2.72. The lowest BCUT2D eigenvalue weighted by molar-refractivity contribution is -0.135. The van der Waals surface area contributed by atoms with Crippen LogP contribution in [0.25, 0.3) is 0 Å². The average Bonchev–Trinajstić information content (AvgIpc) is 3.25. The Labute approximate surface area is 203 Å². The third-order valence-electron chi connectivity index (χ3n) is 7.73. The summed E-state index contributed by atoms with van der Waals surface area (Å²) in [6.45, 7) is 8.44. The molecular formula is C27H38N6O. The molecule has 1 amide bonds. The number of hydrogen-bond acceptors (Lipinski definition) is 6. The van der Waals surface area contributed by atoms with Crippen LogP contribution in [0.4, 0.5) is 5.82 Å². The number of carbonyl (C=O) groups is 1. The van der Waals surface area contributed by atoms with Crippen LogP contribution in [0.2, 0.25) is 0 Å². The van der Waals surface area contributed by atoms with Crippen molar-refractivity contribution in [2.45, 2.75) is 58.3 Å². The molecule has 1 aliphatic heterocycles. The molecule has 3 aliphatic rings. The zero-order chi connectivity index (χ0) is 24.1. The van der Waals surface area contributed by atoms with Crippen molar-refractivity contribution >= 4 is 11.7 Å². The van der Waals surface area contributed by atoms with Crippen LogP contribution in [-0.2, 0) is 11.2 Å². The monoisotopic (exact) mass is 462 g/mol. The molecule has 4 rings (SSSR count). The number of anilines is 1. The zero-order valence-corrected chi connectivity index (χ0v) is 20.9. The van der Waals surface area contributed by atoms with E-state index in [1.54, 1.807) is 6.33 Å². The number of unbranched alkanes of at least 4 members (excludes halogenated alkanes) is 1. The van der Waals surface area contributed by atoms with Gasteiger partial charge in [-0.2, -0.15) is 5.26 Å². The minimum absolute atomic E-state index is 0.0989. The maximum absolute atomic E-state index is 13.8. The Morgan fingerprint density at radius 3 is 2.68 bits per heavy atom. The first-order chi connectivity index (χ1) is 16.5. The van der Waals surface area contributed by atoms with E-state index in [0.717, 1.165) is 82.6 Å². The van der Waals surface area contributed by atoms with Crippen molar-refractivity contribution in [3.05, 3.63) is 40.9 Å². The van der Waals surface area contributed by atoms with Gasteiger partial charge in [0.15, 0.2) is 0 Å². The van der Waals surface area contributed by atoms with Gasteiger partial charge in [-0.15, -0.1) is 0 Å². The van der Waals surface area contributed by atoms with Crippen molar-refractivity contribution in [3.63, 3.8) is 0 Å². The number of nitriles is 1. The number of hydrogen-bond donors (Lipinski definition) is 1. The van der Waals surface area contributed by atoms with E-state index < -0.39 is 0 Å². The molecule has 0 aromatic carbocycles. The number of aryl methyl sites for hydroxylation is 1. The third kappa shape index (κ3) is 5.17. The lowest BCUT2D eigenvalue weighted by atomic mass is 9.79. The fourth-order valence-electron chi connectivity index (χ4n) is 5.74. The van der Waals surface area contributed by atoms with Crippen LogP contribution in [0.15, 0.2) is 29.6 Å². The van der Waals surface area contributed by atoms with Crippen molar-refractivity contribution < 1.29 is 4.79 Å². The second-order valence-electron chi connectivity index (χ2n) is 10.0. The van der Waals surface area contributed by atoms with Crippen LogP contribution >= 0.6 is 0 Å². The predicted octanol–water partition coefficient (Wildman–Crippen LogP) is 3.60. The summed E-state index contributed by atoms with van der Waals surface area (Å²) in [5, 5.41) is 12.5. The first-order valence-electron chi connectivity index (χ1n) is 12.9. The van der Waals surface area contributed by atoms with E-state index in [9.17, 15) is 10.1 Å². The smallest absolute Gasteiger partial charge is 0.229 e. The van der Waals surface area contributed by atoms with E-state index in [4.69, 9.17) is 0 Å². The molecule has 2 aliphatic carbocycles. The van der Waals surface area contributed by atoms with Gasteiger partial charge in [-0.25, -0.2) is 9.97 Å². The number of rotatable bonds is 8. The summed E-state index contributed by atoms with van der Waals surface area (Å²) in [7, 11) is 1.97. The Morgan fingerprint density at radius 2 is 1.97 bits per heavy atom. The van der Waals surface area contributed by atoms with E-state index in [1.807, 2.05) is 13.1 Å². The summed E-state index contributed by atoms with van der Waals surface area (Å²) in [6.07, 6.45) is 11.5. The Morgan fingerprint density at radius 1 is 1.18 bits per heavy atom. The van der Waals surface area contributed by atoms with Gasteiger partial charge in [0.25, 0.3) is 0 Å². The van der Waals surface area contributed by atoms with Crippen molar-refractivity contribution in [1.29, 1.82) is 5.26 Å². The van der Waals surface area contributed by atoms with Crippen LogP contribution in [0.3, 0.4) is 0 Å². The quantitative estimate of drug-likeness (QED) is 0.594. The third-order valence-corrected chi connectivity index (χ3v) is 7.73. The van der Waals surface area contributed by atoms with Gasteiger partial charge in [-0.05, 0) is 63.6 Å². The molecule has 34 heavy (non-hydrogen) atoms. The van der Waals surface area contributed by atoms with Gasteiger partial charge in [-0.1, -0.05) is 31.9 Å². The second-order valence-corrected chi connectivity index (χ2v) is 10.0. The van der Waals surface area contributed by atoms with Gasteiger partial charge in [-0.3, -0.25) is 4.79 Å². The maximum atomic E-state index is 13.8. The van der Waals surface area contributed by atoms with Gasteiger partial charge in [0.05, 0.1) is 12.0 Å². The molecule has 182 valence electrons. The van der Waals surface area contributed by atoms with Crippen LogP contribution in [0.1, 0.15) is 63.1 Å². The lowest BCUT2D eigenvalue weighted by Crippen LogP contribution is -2.51. The van der Waals surface area contributed by atoms with E-state index >= 15 is 0 Å². The molecule has 0 spiro atoms. The Bertz CT molecular complexity index is 985. The zero-order valence-electron chi connectivity index (χ0n) is 20.9. The first kappa shape index (κ1) is 24.4. The normalized spacial score (nSPS) is 23.1. The number of aromatic nitrogens is 2. The summed E-state index contributed by atoms with van der Waals surface area (Å²) in [4.78, 5) is 27.3. The van der Waals surface area contributed by atoms with E-state index in [-0.39, 0.29) is 17.7 Å². The Balaban J connectivity index is 1.46. The summed E-state index contributed by atoms with van der Waals surface area (Å²) >= 11 is 0. The minimum Gasteiger partial charge on any atom is -0.353 e. The molecule has 1 N–H and O–H groups in total. The number of piperazine rings is 1. The molecule has 1 aromatic heterocycles. The minimum atomic E-state index is -0.0989. The summed E-state index contributed by atoms with van der Waals surface area (Å²) in [6, 6.07) is 2.28. The predicted molar refractivity (Wildman–Crippen MR) is 134 cm³/mol. The molecular weight excluding hydrogens is 424 g/mol. The molecule has 7 nitrogen and oxygen atoms in total. The maximum Gasteiger partial charge on any atom is 0.229 e. The SMILES string of the molecule is CNCCCC[C@@H](C(=O)N1CCN(c2ncnc3c2[C@H](C)CC3)CC1)C1=CC=C(C#N)CC1C. The highest BCUT2D eigenvalue weighted by Crippen LogP contribution is 2.38. The number of nitrogens with zero attached hydrogens (tertiary/aromatic N) is 5. The van der Waals surface area contributed by atoms with Crippen molar-refractivity contribution in [2.24, 2.45) is 11.8 Å². The standard InChI is InChI=1S/C27H38N6O/c1-19-7-10-24-25(19)26(31-18-30-24)32-12-14-33(15-13-32)27(34)23(6-4-5-11-29-3)22-9-8-21(17-28)16-20(22)2/h8-9,18-20,23,29H,4-7,10-16H2,1-3H3/t19-,20?,23-/m1/s1. The average molecular weight is 463 g/mol. The van der Waals surface area contributed by atoms with Crippen LogP contribution in [-0.4, -0.2) is 60.5 Å². The van der Waals surface area contributed by atoms with Gasteiger partial charge in [0.1, 0.15) is 12.1 Å². The van der Waals surface area contributed by atoms with Crippen molar-refractivity contribution in [1.82, 2.24) is 20.2 Å². The summed E-state index contributed by atoms with van der Waals surface area (Å²) < 4.78 is 0. The highest BCUT2D eigenvalue weighted by atomic mass is 16.2. The summed E-state index contributed by atoms with van der Waals surface area (Å²) in [5.41, 5.74) is 4.50. The van der Waals surface area contributed by atoms with Crippen LogP contribution < -0.4 is 10.2 Å². The van der Waals surface area contributed by atoms with E-state index in [0.29, 0.717) is 5.92 Å². The van der Waals surface area contributed by atoms with Crippen molar-refractivity contribution in [3.8, 4) is 6.07 Å². The van der Waals surface area contributed by atoms with Crippen molar-refractivity contribution in [2.75, 3.05) is 44.7 Å². The molecule has 1 unspecified atom stereocenters. The largest absolute Gasteiger partial charge is 0.353 e. The first-order valence-corrected chi connectivity index (χ1v) is 12.9. The second kappa shape index (κ2) is 11.1. The fourth-order valence-corrected chi connectivity index (χ4v) is 5.74. The molecule has 2 heterocycles. The summed E-state index contributed by atoms with van der Waals surface area (Å²) in [5.74, 6) is 1.95. The van der Waals surface area contributed by atoms with Crippen LogP contribution in [0.5, 0.6) is 0 Å². The van der Waals surface area contributed by atoms with Gasteiger partial charge >= 0.3 is 0 Å². The van der Waals surface area contributed by atoms with Gasteiger partial charge < -0.3 is 15.1 Å². The van der Waals surface area contributed by atoms with E-state index in [2.05, 4.69) is 51.1 Å². The highest BCUT2D eigenvalue weighted by Gasteiger charge is 2.34. The fraction of sp³-hybridized carbons (Fsp3) is 0.630. The van der Waals surface area contributed by atoms with Crippen LogP contribution in [0, 0.1) is 23.2 Å². The molecule has 0 saturated carbocycles. The number of fused-ring (bicyclic) bond motifs is 1. The Kier molecular flexibility index (Phi) is 7.99. The molecule has 1 aromatic rings. The molecule has 3 atom stereocenters. The number of nitrogens with one attached hydrogen (secondary N) is 1. The topological polar surface area (TPSA) is 85.2 Å². The van der Waals surface area contributed by atoms with Gasteiger partial charge in [0, 0.05) is 43.0 Å². The molecule has 0 bridgehead atoms. The molecule has 1 saturated heterocycles. The highest BCUT2D eigenvalue weighted by molar-refractivity contribution is 5.82. The van der Waals surface area contributed by atoms with E-state index in [1.165, 1.54) is 16.8 Å². The molecule has 1 fully saturated rings. The molecule has 7 heteroatoms. The molecule has 0 radical (unpaired) electrons.